The molecule has 0 fully saturated rings. The highest BCUT2D eigenvalue weighted by Gasteiger charge is 2.66. The van der Waals surface area contributed by atoms with E-state index in [9.17, 15) is 39.6 Å². The molecule has 0 spiro atoms. The van der Waals surface area contributed by atoms with Crippen LogP contribution in [0, 0.1) is 10.8 Å². The number of aliphatic hydroxyl groups is 1. The summed E-state index contributed by atoms with van der Waals surface area (Å²) in [6.45, 7) is 5.95. The molecule has 0 amide bonds. The number of carbonyl (C=O) groups is 4. The summed E-state index contributed by atoms with van der Waals surface area (Å²) >= 11 is 0. The Labute approximate surface area is 165 Å². The molecule has 8 nitrogen and oxygen atoms in total. The van der Waals surface area contributed by atoms with Crippen LogP contribution in [0.1, 0.15) is 85.5 Å². The number of unbranched alkanes of at least 4 members (excludes halogenated alkanes) is 3. The molecule has 162 valence electrons. The number of carboxylic acids is 3. The van der Waals surface area contributed by atoms with Crippen molar-refractivity contribution in [3.63, 3.8) is 0 Å². The van der Waals surface area contributed by atoms with Crippen molar-refractivity contribution in [3.8, 4) is 0 Å². The fraction of sp³-hybridized carbons (Fsp3) is 0.800. The highest BCUT2D eigenvalue weighted by Crippen LogP contribution is 2.53. The fourth-order valence-electron chi connectivity index (χ4n) is 4.02. The Bertz CT molecular complexity index is 561. The van der Waals surface area contributed by atoms with Gasteiger partial charge in [0.1, 0.15) is 16.8 Å². The van der Waals surface area contributed by atoms with E-state index in [1.54, 1.807) is 20.8 Å². The second kappa shape index (κ2) is 10.5. The predicted molar refractivity (Wildman–Crippen MR) is 94.1 cm³/mol. The molecule has 28 heavy (non-hydrogen) atoms. The van der Waals surface area contributed by atoms with E-state index in [1.807, 2.05) is 0 Å². The number of hydrogen-bond acceptors (Lipinski definition) is 8. The number of carboxylic acid groups (broad SMARTS) is 3. The SMILES string of the molecule is CCCCC(CCCC)(C(=O)[O-])C(O)(C(=O)[O-])C(CCCC)(C(C)=O)C(=O)[O-]. The van der Waals surface area contributed by atoms with E-state index >= 15 is 0 Å². The topological polar surface area (TPSA) is 158 Å². The molecule has 0 saturated carbocycles. The van der Waals surface area contributed by atoms with Gasteiger partial charge in [0.2, 0.25) is 0 Å². The molecule has 0 radical (unpaired) electrons. The van der Waals surface area contributed by atoms with Crippen molar-refractivity contribution < 1.29 is 39.6 Å². The lowest BCUT2D eigenvalue weighted by Gasteiger charge is -2.58. The standard InChI is InChI=1S/C20H34O8/c1-5-8-11-18(15(22)23,12-9-6-2)20(28,17(26)27)19(14(4)21,16(24)25)13-10-7-3/h28H,5-13H2,1-4H3,(H,22,23)(H,24,25)(H,26,27)/p-3. The summed E-state index contributed by atoms with van der Waals surface area (Å²) in [6.07, 6.45) is 0.398. The van der Waals surface area contributed by atoms with Crippen LogP contribution < -0.4 is 15.3 Å². The van der Waals surface area contributed by atoms with Gasteiger partial charge in [-0.1, -0.05) is 59.3 Å². The average Bonchev–Trinajstić information content (AvgIpc) is 2.61. The molecule has 0 aliphatic carbocycles. The van der Waals surface area contributed by atoms with Crippen molar-refractivity contribution >= 4 is 23.7 Å². The molecular weight excluding hydrogens is 368 g/mol. The summed E-state index contributed by atoms with van der Waals surface area (Å²) in [5, 5.41) is 48.0. The summed E-state index contributed by atoms with van der Waals surface area (Å²) in [4.78, 5) is 49.1. The average molecular weight is 399 g/mol. The lowest BCUT2D eigenvalue weighted by atomic mass is 9.52. The zero-order valence-electron chi connectivity index (χ0n) is 17.2. The van der Waals surface area contributed by atoms with E-state index in [2.05, 4.69) is 0 Å². The van der Waals surface area contributed by atoms with E-state index in [-0.39, 0.29) is 32.1 Å². The lowest BCUT2D eigenvalue weighted by Crippen LogP contribution is -2.77. The molecule has 0 aromatic carbocycles. The molecule has 0 aliphatic rings. The van der Waals surface area contributed by atoms with Crippen molar-refractivity contribution in [1.82, 2.24) is 0 Å². The third-order valence-corrected chi connectivity index (χ3v) is 5.77. The van der Waals surface area contributed by atoms with Crippen molar-refractivity contribution in [2.45, 2.75) is 91.1 Å². The van der Waals surface area contributed by atoms with Crippen molar-refractivity contribution in [3.05, 3.63) is 0 Å². The van der Waals surface area contributed by atoms with Crippen LogP contribution in [0.25, 0.3) is 0 Å². The zero-order chi connectivity index (χ0) is 22.2. The van der Waals surface area contributed by atoms with E-state index in [4.69, 9.17) is 0 Å². The molecular formula is C20H31O8-3. The number of aliphatic carboxylic acids is 3. The summed E-state index contributed by atoms with van der Waals surface area (Å²) in [5.74, 6) is -7.55. The minimum absolute atomic E-state index is 0.0633. The van der Waals surface area contributed by atoms with Crippen LogP contribution in [0.3, 0.4) is 0 Å². The first-order valence-electron chi connectivity index (χ1n) is 9.83. The maximum Gasteiger partial charge on any atom is 0.144 e. The molecule has 2 atom stereocenters. The number of Topliss-reactive ketones (excluding diaryl/α,β-unsaturated/α-hetero) is 1. The van der Waals surface area contributed by atoms with Crippen molar-refractivity contribution in [2.24, 2.45) is 10.8 Å². The molecule has 0 saturated heterocycles. The van der Waals surface area contributed by atoms with Gasteiger partial charge in [-0.15, -0.1) is 0 Å². The monoisotopic (exact) mass is 399 g/mol. The summed E-state index contributed by atoms with van der Waals surface area (Å²) in [6, 6.07) is 0. The molecule has 0 rings (SSSR count). The van der Waals surface area contributed by atoms with E-state index in [0.29, 0.717) is 19.3 Å². The highest BCUT2D eigenvalue weighted by molar-refractivity contribution is 6.09. The number of rotatable bonds is 15. The normalized spacial score (nSPS) is 16.0. The van der Waals surface area contributed by atoms with E-state index < -0.39 is 46.5 Å². The zero-order valence-corrected chi connectivity index (χ0v) is 17.2. The molecule has 2 unspecified atom stereocenters. The molecule has 1 N–H and O–H groups in total. The largest absolute Gasteiger partial charge is 0.549 e. The van der Waals surface area contributed by atoms with Crippen LogP contribution >= 0.6 is 0 Å². The highest BCUT2D eigenvalue weighted by atomic mass is 16.4. The van der Waals surface area contributed by atoms with Crippen molar-refractivity contribution in [1.29, 1.82) is 0 Å². The first-order valence-corrected chi connectivity index (χ1v) is 9.83. The van der Waals surface area contributed by atoms with Gasteiger partial charge in [-0.2, -0.15) is 0 Å². The second-order valence-electron chi connectivity index (χ2n) is 7.43. The smallest absolute Gasteiger partial charge is 0.144 e. The second-order valence-corrected chi connectivity index (χ2v) is 7.43. The lowest BCUT2D eigenvalue weighted by molar-refractivity contribution is -0.371. The van der Waals surface area contributed by atoms with Gasteiger partial charge in [-0.3, -0.25) is 4.79 Å². The Kier molecular flexibility index (Phi) is 9.81. The number of carbonyl (C=O) groups excluding carboxylic acids is 4. The van der Waals surface area contributed by atoms with Crippen LogP contribution in [0.5, 0.6) is 0 Å². The third-order valence-electron chi connectivity index (χ3n) is 5.77. The quantitative estimate of drug-likeness (QED) is 0.347. The number of hydrogen-bond donors (Lipinski definition) is 1. The first-order chi connectivity index (χ1) is 13.0. The van der Waals surface area contributed by atoms with Crippen LogP contribution in [0.2, 0.25) is 0 Å². The maximum atomic E-state index is 12.5. The van der Waals surface area contributed by atoms with Gasteiger partial charge in [0, 0.05) is 5.41 Å². The number of ketones is 1. The van der Waals surface area contributed by atoms with Gasteiger partial charge in [0.15, 0.2) is 0 Å². The van der Waals surface area contributed by atoms with E-state index in [1.165, 1.54) is 0 Å². The van der Waals surface area contributed by atoms with Crippen LogP contribution in [0.4, 0.5) is 0 Å². The first kappa shape index (κ1) is 26.0. The van der Waals surface area contributed by atoms with Crippen LogP contribution in [-0.2, 0) is 19.2 Å². The summed E-state index contributed by atoms with van der Waals surface area (Å²) in [7, 11) is 0. The summed E-state index contributed by atoms with van der Waals surface area (Å²) in [5.41, 5.74) is -9.01. The molecule has 0 aromatic heterocycles. The van der Waals surface area contributed by atoms with Crippen molar-refractivity contribution in [2.75, 3.05) is 0 Å². The van der Waals surface area contributed by atoms with E-state index in [0.717, 1.165) is 6.92 Å². The third kappa shape index (κ3) is 4.21. The summed E-state index contributed by atoms with van der Waals surface area (Å²) < 4.78 is 0. The minimum atomic E-state index is -3.52. The Morgan fingerprint density at radius 3 is 1.36 bits per heavy atom. The Morgan fingerprint density at radius 1 is 0.714 bits per heavy atom. The molecule has 8 heteroatoms. The van der Waals surface area contributed by atoms with Gasteiger partial charge >= 0.3 is 0 Å². The van der Waals surface area contributed by atoms with Crippen LogP contribution in [-0.4, -0.2) is 34.4 Å². The maximum absolute atomic E-state index is 12.5. The van der Waals surface area contributed by atoms with Crippen LogP contribution in [0.15, 0.2) is 0 Å². The van der Waals surface area contributed by atoms with Gasteiger partial charge in [0.05, 0.1) is 17.9 Å². The van der Waals surface area contributed by atoms with Gasteiger partial charge in [0.25, 0.3) is 0 Å². The Balaban J connectivity index is 7.16. The molecule has 0 aliphatic heterocycles. The Hall–Kier alpha value is -1.96. The fourth-order valence-corrected chi connectivity index (χ4v) is 4.02. The predicted octanol–water partition coefficient (Wildman–Crippen LogP) is -0.900. The molecule has 0 aromatic rings. The van der Waals surface area contributed by atoms with Gasteiger partial charge < -0.3 is 34.8 Å². The van der Waals surface area contributed by atoms with Gasteiger partial charge in [-0.25, -0.2) is 0 Å². The molecule has 0 heterocycles. The van der Waals surface area contributed by atoms with Gasteiger partial charge in [-0.05, 0) is 26.2 Å². The minimum Gasteiger partial charge on any atom is -0.549 e. The Morgan fingerprint density at radius 2 is 1.11 bits per heavy atom. The molecule has 0 bridgehead atoms.